The zero-order chi connectivity index (χ0) is 24.6. The number of imidazole rings is 1. The molecule has 0 spiro atoms. The summed E-state index contributed by atoms with van der Waals surface area (Å²) in [7, 11) is 1.56. The summed E-state index contributed by atoms with van der Waals surface area (Å²) in [5.41, 5.74) is 1.61. The minimum absolute atomic E-state index is 0.0721. The Kier molecular flexibility index (Phi) is 6.09. The summed E-state index contributed by atoms with van der Waals surface area (Å²) in [5, 5.41) is 18.2. The predicted octanol–water partition coefficient (Wildman–Crippen LogP) is 4.82. The van der Waals surface area contributed by atoms with Crippen molar-refractivity contribution < 1.29 is 23.0 Å². The number of methoxy groups -OCH3 is 1. The Bertz CT molecular complexity index is 1320. The van der Waals surface area contributed by atoms with Crippen LogP contribution in [0.3, 0.4) is 0 Å². The van der Waals surface area contributed by atoms with E-state index in [1.54, 1.807) is 39.4 Å². The van der Waals surface area contributed by atoms with Crippen LogP contribution in [0.5, 0.6) is 5.75 Å². The molecule has 2 aromatic carbocycles. The van der Waals surface area contributed by atoms with E-state index in [-0.39, 0.29) is 12.1 Å². The Balaban J connectivity index is 1.65. The lowest BCUT2D eigenvalue weighted by atomic mass is 10.1. The topological polar surface area (TPSA) is 77.1 Å². The Labute approximate surface area is 194 Å². The number of nitrogens with zero attached hydrogens (tertiary/aromatic N) is 4. The summed E-state index contributed by atoms with van der Waals surface area (Å²) in [5.74, 6) is -3.11. The van der Waals surface area contributed by atoms with E-state index in [1.807, 2.05) is 29.8 Å². The van der Waals surface area contributed by atoms with Gasteiger partial charge < -0.3 is 19.7 Å². The second kappa shape index (κ2) is 8.86. The van der Waals surface area contributed by atoms with E-state index in [0.717, 1.165) is 23.5 Å². The van der Waals surface area contributed by atoms with Gasteiger partial charge in [0.15, 0.2) is 23.3 Å². The summed E-state index contributed by atoms with van der Waals surface area (Å²) >= 11 is 0. The van der Waals surface area contributed by atoms with Crippen molar-refractivity contribution in [2.24, 2.45) is 0 Å². The lowest BCUT2D eigenvalue weighted by molar-refractivity contribution is 0.0688. The van der Waals surface area contributed by atoms with Gasteiger partial charge in [-0.25, -0.2) is 18.2 Å². The fourth-order valence-corrected chi connectivity index (χ4v) is 3.63. The number of aromatic nitrogens is 4. The average molecular weight is 471 g/mol. The van der Waals surface area contributed by atoms with E-state index in [2.05, 4.69) is 15.4 Å². The van der Waals surface area contributed by atoms with E-state index in [9.17, 15) is 18.3 Å². The van der Waals surface area contributed by atoms with Gasteiger partial charge in [-0.2, -0.15) is 5.10 Å². The lowest BCUT2D eigenvalue weighted by Gasteiger charge is -2.19. The van der Waals surface area contributed by atoms with Crippen LogP contribution in [0.25, 0.3) is 5.69 Å². The number of hydrogen-bond donors (Lipinski definition) is 2. The fourth-order valence-electron chi connectivity index (χ4n) is 3.63. The lowest BCUT2D eigenvalue weighted by Crippen LogP contribution is -2.22. The third kappa shape index (κ3) is 4.76. The molecule has 2 heterocycles. The molecule has 0 aliphatic carbocycles. The van der Waals surface area contributed by atoms with Crippen LogP contribution in [0.1, 0.15) is 30.8 Å². The Morgan fingerprint density at radius 3 is 2.38 bits per heavy atom. The molecule has 4 rings (SSSR count). The van der Waals surface area contributed by atoms with Gasteiger partial charge in [0.1, 0.15) is 11.4 Å². The van der Waals surface area contributed by atoms with E-state index < -0.39 is 23.1 Å². The SMILES string of the molecule is COc1cc(Nc2cc(C(C)(C)O)n(Cc3cc(F)c(F)c(F)c3)n2)ccc1-n1cnc(C)c1. The van der Waals surface area contributed by atoms with Crippen LogP contribution in [0, 0.1) is 24.4 Å². The number of anilines is 2. The molecule has 34 heavy (non-hydrogen) atoms. The number of hydrogen-bond acceptors (Lipinski definition) is 5. The van der Waals surface area contributed by atoms with Crippen molar-refractivity contribution in [3.8, 4) is 11.4 Å². The summed E-state index contributed by atoms with van der Waals surface area (Å²) in [6.07, 6.45) is 3.57. The molecule has 0 saturated heterocycles. The minimum Gasteiger partial charge on any atom is -0.494 e. The second-order valence-electron chi connectivity index (χ2n) is 8.44. The average Bonchev–Trinajstić information content (AvgIpc) is 3.37. The number of aryl methyl sites for hydroxylation is 1. The smallest absolute Gasteiger partial charge is 0.194 e. The number of rotatable bonds is 7. The largest absolute Gasteiger partial charge is 0.494 e. The Hall–Kier alpha value is -3.79. The molecular weight excluding hydrogens is 447 g/mol. The van der Waals surface area contributed by atoms with E-state index in [0.29, 0.717) is 22.9 Å². The third-order valence-corrected chi connectivity index (χ3v) is 5.22. The maximum atomic E-state index is 13.7. The van der Waals surface area contributed by atoms with E-state index >= 15 is 0 Å². The van der Waals surface area contributed by atoms with Gasteiger partial charge in [-0.3, -0.25) is 4.68 Å². The maximum absolute atomic E-state index is 13.7. The van der Waals surface area contributed by atoms with Crippen LogP contribution in [0.15, 0.2) is 48.9 Å². The van der Waals surface area contributed by atoms with Crippen LogP contribution in [0.4, 0.5) is 24.7 Å². The standard InChI is InChI=1S/C24H24F3N5O2/c1-14-11-31(13-28-14)19-6-5-16(9-20(19)34-4)29-22-10-21(24(2,3)33)32(30-22)12-15-7-17(25)23(27)18(26)8-15/h5-11,13,33H,12H2,1-4H3,(H,29,30). The van der Waals surface area contributed by atoms with Crippen molar-refractivity contribution in [3.63, 3.8) is 0 Å². The molecule has 0 atom stereocenters. The molecule has 0 aliphatic rings. The predicted molar refractivity (Wildman–Crippen MR) is 121 cm³/mol. The number of nitrogens with one attached hydrogen (secondary N) is 1. The summed E-state index contributed by atoms with van der Waals surface area (Å²) in [6, 6.07) is 8.93. The van der Waals surface area contributed by atoms with E-state index in [1.165, 1.54) is 4.68 Å². The van der Waals surface area contributed by atoms with Crippen LogP contribution in [0.2, 0.25) is 0 Å². The molecule has 0 aliphatic heterocycles. The highest BCUT2D eigenvalue weighted by atomic mass is 19.2. The summed E-state index contributed by atoms with van der Waals surface area (Å²) < 4.78 is 49.5. The summed E-state index contributed by atoms with van der Waals surface area (Å²) in [4.78, 5) is 4.23. The Morgan fingerprint density at radius 1 is 1.09 bits per heavy atom. The normalized spacial score (nSPS) is 11.6. The second-order valence-corrected chi connectivity index (χ2v) is 8.44. The Morgan fingerprint density at radius 2 is 1.79 bits per heavy atom. The van der Waals surface area contributed by atoms with Crippen molar-refractivity contribution in [1.82, 2.24) is 19.3 Å². The monoisotopic (exact) mass is 471 g/mol. The third-order valence-electron chi connectivity index (χ3n) is 5.22. The summed E-state index contributed by atoms with van der Waals surface area (Å²) in [6.45, 7) is 4.96. The zero-order valence-electron chi connectivity index (χ0n) is 19.1. The van der Waals surface area contributed by atoms with Crippen LogP contribution >= 0.6 is 0 Å². The molecule has 0 amide bonds. The quantitative estimate of drug-likeness (QED) is 0.378. The fraction of sp³-hybridized carbons (Fsp3) is 0.250. The van der Waals surface area contributed by atoms with E-state index in [4.69, 9.17) is 4.74 Å². The molecule has 10 heteroatoms. The van der Waals surface area contributed by atoms with Crippen molar-refractivity contribution in [2.75, 3.05) is 12.4 Å². The van der Waals surface area contributed by atoms with Crippen LogP contribution < -0.4 is 10.1 Å². The van der Waals surface area contributed by atoms with Crippen molar-refractivity contribution in [3.05, 3.63) is 83.3 Å². The minimum atomic E-state index is -1.53. The van der Waals surface area contributed by atoms with Crippen molar-refractivity contribution in [2.45, 2.75) is 32.9 Å². The van der Waals surface area contributed by atoms with Gasteiger partial charge in [0.25, 0.3) is 0 Å². The van der Waals surface area contributed by atoms with Gasteiger partial charge in [-0.15, -0.1) is 0 Å². The molecule has 0 fully saturated rings. The highest BCUT2D eigenvalue weighted by Gasteiger charge is 2.24. The van der Waals surface area contributed by atoms with Gasteiger partial charge in [0.2, 0.25) is 0 Å². The molecule has 4 aromatic rings. The number of aliphatic hydroxyl groups is 1. The van der Waals surface area contributed by atoms with Crippen molar-refractivity contribution in [1.29, 1.82) is 0 Å². The molecular formula is C24H24F3N5O2. The number of halogens is 3. The molecule has 0 radical (unpaired) electrons. The van der Waals surface area contributed by atoms with Crippen molar-refractivity contribution >= 4 is 11.5 Å². The molecule has 0 saturated carbocycles. The maximum Gasteiger partial charge on any atom is 0.194 e. The first kappa shape index (κ1) is 23.4. The van der Waals surface area contributed by atoms with Gasteiger partial charge in [0, 0.05) is 24.0 Å². The molecule has 0 bridgehead atoms. The molecule has 7 nitrogen and oxygen atoms in total. The molecule has 2 N–H and O–H groups in total. The first-order valence-corrected chi connectivity index (χ1v) is 10.5. The highest BCUT2D eigenvalue weighted by molar-refractivity contribution is 5.63. The van der Waals surface area contributed by atoms with Gasteiger partial charge >= 0.3 is 0 Å². The van der Waals surface area contributed by atoms with Gasteiger partial charge in [-0.1, -0.05) is 0 Å². The number of ether oxygens (including phenoxy) is 1. The molecule has 0 unspecified atom stereocenters. The zero-order valence-corrected chi connectivity index (χ0v) is 19.1. The van der Waals surface area contributed by atoms with Crippen LogP contribution in [-0.4, -0.2) is 31.5 Å². The first-order valence-electron chi connectivity index (χ1n) is 10.5. The van der Waals surface area contributed by atoms with Gasteiger partial charge in [-0.05, 0) is 50.6 Å². The molecule has 2 aromatic heterocycles. The highest BCUT2D eigenvalue weighted by Crippen LogP contribution is 2.30. The molecule has 178 valence electrons. The number of benzene rings is 2. The van der Waals surface area contributed by atoms with Crippen LogP contribution in [-0.2, 0) is 12.1 Å². The van der Waals surface area contributed by atoms with Gasteiger partial charge in [0.05, 0.1) is 37.1 Å². The first-order chi connectivity index (χ1) is 16.0.